The van der Waals surface area contributed by atoms with Gasteiger partial charge in [0, 0.05) is 53.4 Å². The molecular formula is C74H65BN2OS. The van der Waals surface area contributed by atoms with Crippen LogP contribution in [0.15, 0.2) is 180 Å². The minimum absolute atomic E-state index is 0.000803. The highest BCUT2D eigenvalue weighted by Gasteiger charge is 2.49. The number of nitrogens with zero attached hydrogens (tertiary/aromatic N) is 2. The number of aromatic nitrogens is 1. The van der Waals surface area contributed by atoms with E-state index in [0.29, 0.717) is 0 Å². The van der Waals surface area contributed by atoms with Gasteiger partial charge in [-0.2, -0.15) is 0 Å². The van der Waals surface area contributed by atoms with Gasteiger partial charge < -0.3 is 13.8 Å². The molecule has 5 heterocycles. The van der Waals surface area contributed by atoms with Crippen molar-refractivity contribution in [2.75, 3.05) is 4.81 Å². The standard InChI is InChI=1S/C74H65BN2OS/c1-71(2,3)47-27-31-50(32-28-47)77-60-42-58-53(51-33-26-44(38-57(51)74(58,10)11)37-46(45-22-16-13-17-23-45)36-43-20-14-12-15-21-43)41-55(60)63-64-52-24-18-19-25-61(52)78-69(64)65-54-39-48(72(4,5)6)29-34-59(54)76-67-56-40-49(73(7,8)9)30-35-62(56)79-70(67)75(77)66(63)68(65)76/h12-36,38-42H,37H2,1-11H3/b46-36-. The Morgan fingerprint density at radius 1 is 0.582 bits per heavy atom. The molecule has 0 radical (unpaired) electrons. The molecule has 12 aromatic rings. The maximum atomic E-state index is 7.40. The molecule has 3 aliphatic rings. The molecule has 0 saturated carbocycles. The van der Waals surface area contributed by atoms with Gasteiger partial charge in [-0.25, -0.2) is 0 Å². The third-order valence-corrected chi connectivity index (χ3v) is 19.3. The second-order valence-corrected chi connectivity index (χ2v) is 27.6. The zero-order valence-electron chi connectivity index (χ0n) is 47.3. The SMILES string of the molecule is CC(C)(C)c1ccc(N2B3c4sc5ccc(C(C)(C)C)cc5c4-n4c5ccc(C(C)(C)C)cc5c5c6oc7ccccc7c6c(c3c54)-c3cc4c(cc32)C(C)(C)c2cc(C/C(=C/c3ccccc3)c3ccccc3)ccc2-4)cc1. The molecule has 2 aliphatic heterocycles. The van der Waals surface area contributed by atoms with Crippen LogP contribution in [0.5, 0.6) is 0 Å². The quantitative estimate of drug-likeness (QED) is 0.127. The van der Waals surface area contributed by atoms with Crippen LogP contribution in [-0.2, 0) is 28.1 Å². The second-order valence-electron chi connectivity index (χ2n) is 26.5. The minimum atomic E-state index is -0.286. The summed E-state index contributed by atoms with van der Waals surface area (Å²) in [5.74, 6) is 0. The predicted octanol–water partition coefficient (Wildman–Crippen LogP) is 19.1. The highest BCUT2D eigenvalue weighted by molar-refractivity contribution is 7.32. The lowest BCUT2D eigenvalue weighted by Gasteiger charge is -2.42. The fourth-order valence-electron chi connectivity index (χ4n) is 13.8. The van der Waals surface area contributed by atoms with Crippen LogP contribution < -0.4 is 15.1 Å². The first kappa shape index (κ1) is 48.3. The van der Waals surface area contributed by atoms with Crippen LogP contribution >= 0.6 is 11.3 Å². The number of rotatable bonds is 5. The lowest BCUT2D eigenvalue weighted by Crippen LogP contribution is -2.59. The molecule has 0 bridgehead atoms. The largest absolute Gasteiger partial charge is 0.455 e. The molecule has 0 saturated heterocycles. The zero-order chi connectivity index (χ0) is 54.2. The lowest BCUT2D eigenvalue weighted by molar-refractivity contribution is 0.590. The lowest BCUT2D eigenvalue weighted by atomic mass is 9.46. The molecule has 9 aromatic carbocycles. The number of furan rings is 1. The monoisotopic (exact) mass is 1040 g/mol. The van der Waals surface area contributed by atoms with E-state index in [9.17, 15) is 0 Å². The van der Waals surface area contributed by atoms with Crippen LogP contribution in [0.1, 0.15) is 121 Å². The van der Waals surface area contributed by atoms with Gasteiger partial charge in [-0.3, -0.25) is 0 Å². The maximum absolute atomic E-state index is 7.40. The minimum Gasteiger partial charge on any atom is -0.455 e. The summed E-state index contributed by atoms with van der Waals surface area (Å²) in [5, 5.41) is 6.13. The molecule has 0 amide bonds. The van der Waals surface area contributed by atoms with Gasteiger partial charge in [0.25, 0.3) is 0 Å². The summed E-state index contributed by atoms with van der Waals surface area (Å²) in [4.78, 5) is 2.75. The van der Waals surface area contributed by atoms with Crippen molar-refractivity contribution in [1.82, 2.24) is 4.57 Å². The van der Waals surface area contributed by atoms with E-state index in [2.05, 4.69) is 268 Å². The number of hydrogen-bond acceptors (Lipinski definition) is 3. The number of benzene rings is 9. The summed E-state index contributed by atoms with van der Waals surface area (Å²) in [7, 11) is 0. The van der Waals surface area contributed by atoms with E-state index in [4.69, 9.17) is 4.42 Å². The highest BCUT2D eigenvalue weighted by atomic mass is 32.1. The summed E-state index contributed by atoms with van der Waals surface area (Å²) < 4.78 is 12.8. The molecule has 0 N–H and O–H groups in total. The molecule has 0 atom stereocenters. The van der Waals surface area contributed by atoms with Gasteiger partial charge in [-0.1, -0.05) is 204 Å². The van der Waals surface area contributed by atoms with E-state index in [1.54, 1.807) is 0 Å². The fraction of sp³-hybridized carbons (Fsp3) is 0.216. The van der Waals surface area contributed by atoms with E-state index >= 15 is 0 Å². The van der Waals surface area contributed by atoms with Gasteiger partial charge in [-0.15, -0.1) is 11.3 Å². The van der Waals surface area contributed by atoms with Crippen LogP contribution in [0.4, 0.5) is 11.4 Å². The summed E-state index contributed by atoms with van der Waals surface area (Å²) in [5.41, 5.74) is 26.1. The van der Waals surface area contributed by atoms with Crippen LogP contribution in [-0.4, -0.2) is 11.4 Å². The number of hydrogen-bond donors (Lipinski definition) is 0. The predicted molar refractivity (Wildman–Crippen MR) is 341 cm³/mol. The molecule has 3 nitrogen and oxygen atoms in total. The van der Waals surface area contributed by atoms with Crippen molar-refractivity contribution < 1.29 is 4.42 Å². The first-order valence-electron chi connectivity index (χ1n) is 28.4. The zero-order valence-corrected chi connectivity index (χ0v) is 48.1. The summed E-state index contributed by atoms with van der Waals surface area (Å²) >= 11 is 1.98. The molecule has 0 fully saturated rings. The Balaban J connectivity index is 1.05. The number of fused-ring (bicyclic) bond motifs is 18. The van der Waals surface area contributed by atoms with E-state index < -0.39 is 0 Å². The number of allylic oxidation sites excluding steroid dienone is 1. The third-order valence-electron chi connectivity index (χ3n) is 18.1. The Morgan fingerprint density at radius 2 is 1.23 bits per heavy atom. The molecule has 5 heteroatoms. The van der Waals surface area contributed by atoms with Gasteiger partial charge in [0.1, 0.15) is 11.2 Å². The Kier molecular flexibility index (Phi) is 10.1. The van der Waals surface area contributed by atoms with E-state index in [-0.39, 0.29) is 28.5 Å². The summed E-state index contributed by atoms with van der Waals surface area (Å²) in [6.07, 6.45) is 3.19. The van der Waals surface area contributed by atoms with Crippen molar-refractivity contribution >= 4 is 105 Å². The molecule has 3 aromatic heterocycles. The third kappa shape index (κ3) is 7.10. The highest BCUT2D eigenvalue weighted by Crippen LogP contribution is 2.57. The molecular weight excluding hydrogens is 976 g/mol. The smallest absolute Gasteiger partial charge is 0.343 e. The Hall–Kier alpha value is -7.86. The molecule has 1 aliphatic carbocycles. The van der Waals surface area contributed by atoms with Gasteiger partial charge in [0.2, 0.25) is 0 Å². The first-order chi connectivity index (χ1) is 37.8. The van der Waals surface area contributed by atoms with Crippen LogP contribution in [0.25, 0.3) is 93.4 Å². The average Bonchev–Trinajstić information content (AvgIpc) is 1.74. The van der Waals surface area contributed by atoms with Crippen molar-refractivity contribution in [3.05, 3.63) is 220 Å². The van der Waals surface area contributed by atoms with Crippen LogP contribution in [0.2, 0.25) is 0 Å². The Morgan fingerprint density at radius 3 is 1.95 bits per heavy atom. The fourth-order valence-corrected chi connectivity index (χ4v) is 15.1. The Bertz CT molecular complexity index is 4580. The van der Waals surface area contributed by atoms with Crippen LogP contribution in [0, 0.1) is 0 Å². The molecule has 0 unspecified atom stereocenters. The van der Waals surface area contributed by atoms with Gasteiger partial charge in [0.15, 0.2) is 0 Å². The number of para-hydroxylation sites is 1. The number of thiophene rings is 1. The van der Waals surface area contributed by atoms with E-state index in [0.717, 1.165) is 23.0 Å². The summed E-state index contributed by atoms with van der Waals surface area (Å²) in [6, 6.07) is 67.2. The normalized spacial score (nSPS) is 14.7. The molecule has 15 rings (SSSR count). The van der Waals surface area contributed by atoms with Gasteiger partial charge in [0.05, 0.1) is 22.1 Å². The molecule has 386 valence electrons. The second kappa shape index (κ2) is 16.6. The van der Waals surface area contributed by atoms with Crippen molar-refractivity contribution in [2.45, 2.75) is 104 Å². The van der Waals surface area contributed by atoms with Gasteiger partial charge in [-0.05, 0) is 149 Å². The van der Waals surface area contributed by atoms with Crippen molar-refractivity contribution in [1.29, 1.82) is 0 Å². The first-order valence-corrected chi connectivity index (χ1v) is 29.2. The topological polar surface area (TPSA) is 21.3 Å². The molecule has 0 spiro atoms. The van der Waals surface area contributed by atoms with Crippen molar-refractivity contribution in [3.8, 4) is 27.9 Å². The Labute approximate surface area is 469 Å². The van der Waals surface area contributed by atoms with E-state index in [1.807, 2.05) is 11.3 Å². The van der Waals surface area contributed by atoms with Crippen molar-refractivity contribution in [3.63, 3.8) is 0 Å². The number of anilines is 2. The van der Waals surface area contributed by atoms with Gasteiger partial charge >= 0.3 is 6.85 Å². The molecule has 79 heavy (non-hydrogen) atoms. The van der Waals surface area contributed by atoms with E-state index in [1.165, 1.54) is 137 Å². The average molecular weight is 1040 g/mol. The summed E-state index contributed by atoms with van der Waals surface area (Å²) in [6.45, 7) is 25.8. The van der Waals surface area contributed by atoms with Crippen molar-refractivity contribution in [2.24, 2.45) is 0 Å². The van der Waals surface area contributed by atoms with Crippen LogP contribution in [0.3, 0.4) is 0 Å². The maximum Gasteiger partial charge on any atom is 0.343 e.